The number of benzene rings is 1. The summed E-state index contributed by atoms with van der Waals surface area (Å²) >= 11 is 3.36. The van der Waals surface area contributed by atoms with Crippen molar-refractivity contribution >= 4 is 27.8 Å². The van der Waals surface area contributed by atoms with Gasteiger partial charge in [0.15, 0.2) is 0 Å². The summed E-state index contributed by atoms with van der Waals surface area (Å²) < 4.78 is 0.921. The van der Waals surface area contributed by atoms with Gasteiger partial charge in [-0.1, -0.05) is 28.8 Å². The van der Waals surface area contributed by atoms with Crippen molar-refractivity contribution < 1.29 is 14.7 Å². The Balaban J connectivity index is 2.06. The van der Waals surface area contributed by atoms with Crippen LogP contribution in [0.3, 0.4) is 0 Å². The molecule has 108 valence electrons. The van der Waals surface area contributed by atoms with E-state index in [-0.39, 0.29) is 12.5 Å². The van der Waals surface area contributed by atoms with E-state index in [1.807, 2.05) is 19.1 Å². The van der Waals surface area contributed by atoms with Crippen LogP contribution in [0.2, 0.25) is 0 Å². The minimum Gasteiger partial charge on any atom is -0.481 e. The fourth-order valence-corrected chi connectivity index (χ4v) is 3.22. The molecule has 0 bridgehead atoms. The number of carboxylic acids is 1. The Morgan fingerprint density at radius 2 is 2.00 bits per heavy atom. The Labute approximate surface area is 126 Å². The number of carbonyl (C=O) groups excluding carboxylic acids is 1. The Morgan fingerprint density at radius 3 is 2.55 bits per heavy atom. The smallest absolute Gasteiger partial charge is 0.311 e. The maximum absolute atomic E-state index is 12.2. The lowest BCUT2D eigenvalue weighted by molar-refractivity contribution is -0.148. The standard InChI is InChI=1S/C15H18BrNO3/c1-10-8-11(16)4-5-12(10)13(18)17-9-15(14(19)20)6-2-3-7-15/h4-5,8H,2-3,6-7,9H2,1H3,(H,17,18)(H,19,20). The molecular formula is C15H18BrNO3. The van der Waals surface area contributed by atoms with Gasteiger partial charge in [-0.05, 0) is 43.5 Å². The second-order valence-corrected chi connectivity index (χ2v) is 6.35. The molecule has 0 radical (unpaired) electrons. The number of halogens is 1. The summed E-state index contributed by atoms with van der Waals surface area (Å²) in [6.45, 7) is 2.07. The maximum Gasteiger partial charge on any atom is 0.311 e. The molecule has 1 fully saturated rings. The van der Waals surface area contributed by atoms with Crippen LogP contribution >= 0.6 is 15.9 Å². The quantitative estimate of drug-likeness (QED) is 0.885. The molecule has 0 atom stereocenters. The predicted molar refractivity (Wildman–Crippen MR) is 79.7 cm³/mol. The molecule has 1 amide bonds. The first-order valence-corrected chi connectivity index (χ1v) is 7.52. The molecule has 0 spiro atoms. The summed E-state index contributed by atoms with van der Waals surface area (Å²) in [4.78, 5) is 23.6. The largest absolute Gasteiger partial charge is 0.481 e. The molecule has 1 aromatic rings. The molecule has 5 heteroatoms. The van der Waals surface area contributed by atoms with E-state index < -0.39 is 11.4 Å². The average molecular weight is 340 g/mol. The third-order valence-electron chi connectivity index (χ3n) is 4.03. The lowest BCUT2D eigenvalue weighted by Gasteiger charge is -2.24. The van der Waals surface area contributed by atoms with Crippen molar-refractivity contribution in [3.63, 3.8) is 0 Å². The van der Waals surface area contributed by atoms with Gasteiger partial charge in [-0.15, -0.1) is 0 Å². The summed E-state index contributed by atoms with van der Waals surface area (Å²) in [5.41, 5.74) is 0.679. The van der Waals surface area contributed by atoms with Crippen LogP contribution in [-0.4, -0.2) is 23.5 Å². The van der Waals surface area contributed by atoms with Gasteiger partial charge in [0.2, 0.25) is 0 Å². The Kier molecular flexibility index (Phi) is 4.48. The fraction of sp³-hybridized carbons (Fsp3) is 0.467. The monoisotopic (exact) mass is 339 g/mol. The average Bonchev–Trinajstić information content (AvgIpc) is 2.86. The molecule has 0 aromatic heterocycles. The Bertz CT molecular complexity index is 536. The first kappa shape index (κ1) is 15.0. The molecule has 1 aliphatic carbocycles. The molecule has 0 unspecified atom stereocenters. The second-order valence-electron chi connectivity index (χ2n) is 5.43. The molecule has 1 saturated carbocycles. The molecule has 2 N–H and O–H groups in total. The van der Waals surface area contributed by atoms with E-state index in [0.717, 1.165) is 22.9 Å². The molecular weight excluding hydrogens is 322 g/mol. The van der Waals surface area contributed by atoms with Gasteiger partial charge in [0.25, 0.3) is 5.91 Å². The van der Waals surface area contributed by atoms with Gasteiger partial charge in [0, 0.05) is 16.6 Å². The number of amides is 1. The van der Waals surface area contributed by atoms with Gasteiger partial charge in [0.05, 0.1) is 5.41 Å². The van der Waals surface area contributed by atoms with Crippen LogP contribution in [0.5, 0.6) is 0 Å². The number of aliphatic carboxylic acids is 1. The summed E-state index contributed by atoms with van der Waals surface area (Å²) in [5.74, 6) is -1.01. The Morgan fingerprint density at radius 1 is 1.35 bits per heavy atom. The third-order valence-corrected chi connectivity index (χ3v) is 4.53. The SMILES string of the molecule is Cc1cc(Br)ccc1C(=O)NCC1(C(=O)O)CCCC1. The summed E-state index contributed by atoms with van der Waals surface area (Å²) in [6, 6.07) is 5.43. The van der Waals surface area contributed by atoms with E-state index >= 15 is 0 Å². The minimum absolute atomic E-state index is 0.205. The van der Waals surface area contributed by atoms with E-state index in [4.69, 9.17) is 0 Å². The van der Waals surface area contributed by atoms with E-state index in [9.17, 15) is 14.7 Å². The molecule has 4 nitrogen and oxygen atoms in total. The van der Waals surface area contributed by atoms with Gasteiger partial charge in [-0.2, -0.15) is 0 Å². The predicted octanol–water partition coefficient (Wildman–Crippen LogP) is 3.13. The topological polar surface area (TPSA) is 66.4 Å². The summed E-state index contributed by atoms with van der Waals surface area (Å²) in [5, 5.41) is 12.2. The number of hydrogen-bond donors (Lipinski definition) is 2. The van der Waals surface area contributed by atoms with E-state index in [1.54, 1.807) is 6.07 Å². The van der Waals surface area contributed by atoms with Gasteiger partial charge < -0.3 is 10.4 Å². The van der Waals surface area contributed by atoms with Crippen molar-refractivity contribution in [1.82, 2.24) is 5.32 Å². The second kappa shape index (κ2) is 5.95. The van der Waals surface area contributed by atoms with E-state index in [1.165, 1.54) is 0 Å². The third kappa shape index (κ3) is 3.03. The van der Waals surface area contributed by atoms with E-state index in [0.29, 0.717) is 18.4 Å². The molecule has 2 rings (SSSR count). The molecule has 1 aliphatic rings. The van der Waals surface area contributed by atoms with Crippen molar-refractivity contribution in [3.05, 3.63) is 33.8 Å². The van der Waals surface area contributed by atoms with Crippen LogP contribution in [0, 0.1) is 12.3 Å². The highest BCUT2D eigenvalue weighted by Gasteiger charge is 2.41. The normalized spacial score (nSPS) is 16.9. The number of carbonyl (C=O) groups is 2. The highest BCUT2D eigenvalue weighted by molar-refractivity contribution is 9.10. The number of nitrogens with one attached hydrogen (secondary N) is 1. The first-order valence-electron chi connectivity index (χ1n) is 6.72. The molecule has 0 saturated heterocycles. The Hall–Kier alpha value is -1.36. The van der Waals surface area contributed by atoms with Gasteiger partial charge in [0.1, 0.15) is 0 Å². The zero-order valence-corrected chi connectivity index (χ0v) is 13.0. The number of rotatable bonds is 4. The number of hydrogen-bond acceptors (Lipinski definition) is 2. The van der Waals surface area contributed by atoms with Crippen molar-refractivity contribution in [2.75, 3.05) is 6.54 Å². The highest BCUT2D eigenvalue weighted by atomic mass is 79.9. The van der Waals surface area contributed by atoms with Gasteiger partial charge in [-0.25, -0.2) is 0 Å². The lowest BCUT2D eigenvalue weighted by Crippen LogP contribution is -2.41. The zero-order chi connectivity index (χ0) is 14.8. The fourth-order valence-electron chi connectivity index (χ4n) is 2.74. The molecule has 20 heavy (non-hydrogen) atoms. The minimum atomic E-state index is -0.803. The van der Waals surface area contributed by atoms with Crippen LogP contribution in [-0.2, 0) is 4.79 Å². The number of aryl methyl sites for hydroxylation is 1. The first-order chi connectivity index (χ1) is 9.44. The van der Waals surface area contributed by atoms with Crippen LogP contribution in [0.15, 0.2) is 22.7 Å². The van der Waals surface area contributed by atoms with Gasteiger partial charge >= 0.3 is 5.97 Å². The summed E-state index contributed by atoms with van der Waals surface area (Å²) in [7, 11) is 0. The molecule has 0 heterocycles. The lowest BCUT2D eigenvalue weighted by atomic mass is 9.86. The molecule has 1 aromatic carbocycles. The van der Waals surface area contributed by atoms with Crippen LogP contribution in [0.4, 0.5) is 0 Å². The maximum atomic E-state index is 12.2. The number of carboxylic acid groups (broad SMARTS) is 1. The van der Waals surface area contributed by atoms with Crippen molar-refractivity contribution in [3.8, 4) is 0 Å². The zero-order valence-electron chi connectivity index (χ0n) is 11.4. The summed E-state index contributed by atoms with van der Waals surface area (Å²) in [6.07, 6.45) is 3.11. The van der Waals surface area contributed by atoms with Crippen LogP contribution in [0.1, 0.15) is 41.6 Å². The molecule has 0 aliphatic heterocycles. The van der Waals surface area contributed by atoms with Crippen molar-refractivity contribution in [2.45, 2.75) is 32.6 Å². The highest BCUT2D eigenvalue weighted by Crippen LogP contribution is 2.37. The van der Waals surface area contributed by atoms with Gasteiger partial charge in [-0.3, -0.25) is 9.59 Å². The van der Waals surface area contributed by atoms with E-state index in [2.05, 4.69) is 21.2 Å². The van der Waals surface area contributed by atoms with Crippen molar-refractivity contribution in [2.24, 2.45) is 5.41 Å². The van der Waals surface area contributed by atoms with Crippen LogP contribution < -0.4 is 5.32 Å². The van der Waals surface area contributed by atoms with Crippen LogP contribution in [0.25, 0.3) is 0 Å². The van der Waals surface area contributed by atoms with Crippen molar-refractivity contribution in [1.29, 1.82) is 0 Å².